The van der Waals surface area contributed by atoms with E-state index in [9.17, 15) is 19.2 Å². The summed E-state index contributed by atoms with van der Waals surface area (Å²) in [5, 5.41) is 13.0. The molecule has 0 aromatic heterocycles. The zero-order valence-corrected chi connectivity index (χ0v) is 13.3. The highest BCUT2D eigenvalue weighted by Gasteiger charge is 2.20. The number of benzene rings is 1. The molecule has 0 heterocycles. The normalized spacial score (nSPS) is 11.2. The maximum Gasteiger partial charge on any atom is 0.372 e. The van der Waals surface area contributed by atoms with E-state index < -0.39 is 23.2 Å². The first-order chi connectivity index (χ1) is 10.8. The lowest BCUT2D eigenvalue weighted by Crippen LogP contribution is -2.41. The van der Waals surface area contributed by atoms with Gasteiger partial charge in [0.05, 0.1) is 0 Å². The van der Waals surface area contributed by atoms with Gasteiger partial charge in [0.25, 0.3) is 0 Å². The Bertz CT molecular complexity index is 602. The Labute approximate surface area is 136 Å². The molecule has 1 aromatic rings. The Balaban J connectivity index is 2.51. The summed E-state index contributed by atoms with van der Waals surface area (Å²) in [7, 11) is 0. The molecule has 1 aromatic carbocycles. The van der Waals surface area contributed by atoms with Gasteiger partial charge in [-0.15, -0.1) is 0 Å². The van der Waals surface area contributed by atoms with Crippen molar-refractivity contribution in [3.63, 3.8) is 0 Å². The van der Waals surface area contributed by atoms with Crippen LogP contribution in [0.5, 0.6) is 5.75 Å². The van der Waals surface area contributed by atoms with Crippen LogP contribution in [0, 0.1) is 0 Å². The van der Waals surface area contributed by atoms with E-state index in [0.29, 0.717) is 17.4 Å². The Morgan fingerprint density at radius 3 is 2.22 bits per heavy atom. The molecule has 1 rings (SSSR count). The highest BCUT2D eigenvalue weighted by molar-refractivity contribution is 8.13. The van der Waals surface area contributed by atoms with Gasteiger partial charge in [-0.25, -0.2) is 9.59 Å². The molecule has 0 aliphatic heterocycles. The fourth-order valence-electron chi connectivity index (χ4n) is 1.51. The highest BCUT2D eigenvalue weighted by atomic mass is 32.2. The van der Waals surface area contributed by atoms with Crippen molar-refractivity contribution in [1.29, 1.82) is 0 Å². The third kappa shape index (κ3) is 7.32. The molecule has 124 valence electrons. The van der Waals surface area contributed by atoms with Gasteiger partial charge in [-0.05, 0) is 36.0 Å². The van der Waals surface area contributed by atoms with Crippen LogP contribution in [0.15, 0.2) is 24.3 Å². The van der Waals surface area contributed by atoms with E-state index in [4.69, 9.17) is 9.84 Å². The summed E-state index contributed by atoms with van der Waals surface area (Å²) >= 11 is 0.638. The Morgan fingerprint density at radius 2 is 1.74 bits per heavy atom. The molecule has 2 amide bonds. The number of thioether (sulfide) groups is 1. The first kappa shape index (κ1) is 18.5. The monoisotopic (exact) mass is 340 g/mol. The average molecular weight is 340 g/mol. The van der Waals surface area contributed by atoms with Crippen molar-refractivity contribution < 1.29 is 29.0 Å². The molecule has 0 aliphatic rings. The minimum atomic E-state index is -1.24. The lowest BCUT2D eigenvalue weighted by Gasteiger charge is -2.12. The Kier molecular flexibility index (Phi) is 7.07. The molecular formula is C14H16N2O6S. The first-order valence-corrected chi connectivity index (χ1v) is 7.48. The molecule has 0 radical (unpaired) electrons. The number of aliphatic carboxylic acids is 1. The van der Waals surface area contributed by atoms with Crippen molar-refractivity contribution in [3.05, 3.63) is 24.3 Å². The van der Waals surface area contributed by atoms with Crippen LogP contribution >= 0.6 is 11.8 Å². The van der Waals surface area contributed by atoms with E-state index in [1.165, 1.54) is 26.0 Å². The number of carboxylic acid groups (broad SMARTS) is 1. The second kappa shape index (κ2) is 8.79. The summed E-state index contributed by atoms with van der Waals surface area (Å²) in [6.45, 7) is 2.56. The maximum absolute atomic E-state index is 11.7. The number of ether oxygens (including phenoxy) is 1. The van der Waals surface area contributed by atoms with Crippen LogP contribution in [0.2, 0.25) is 0 Å². The lowest BCUT2D eigenvalue weighted by atomic mass is 10.3. The topological polar surface area (TPSA) is 122 Å². The van der Waals surface area contributed by atoms with Gasteiger partial charge in [0.15, 0.2) is 0 Å². The average Bonchev–Trinajstić information content (AvgIpc) is 2.44. The molecule has 23 heavy (non-hydrogen) atoms. The molecule has 0 bridgehead atoms. The van der Waals surface area contributed by atoms with Crippen LogP contribution in [0.1, 0.15) is 13.8 Å². The summed E-state index contributed by atoms with van der Waals surface area (Å²) in [6.07, 6.45) is 0. The zero-order chi connectivity index (χ0) is 17.4. The molecule has 9 heteroatoms. The second-order valence-electron chi connectivity index (χ2n) is 4.46. The summed E-state index contributed by atoms with van der Waals surface area (Å²) in [4.78, 5) is 44.3. The lowest BCUT2D eigenvalue weighted by molar-refractivity contribution is -0.140. The number of hydrogen-bond donors (Lipinski definition) is 3. The number of carboxylic acids is 1. The predicted octanol–water partition coefficient (Wildman–Crippen LogP) is 1.47. The molecule has 0 saturated heterocycles. The largest absolute Gasteiger partial charge is 0.480 e. The molecule has 8 nitrogen and oxygen atoms in total. The number of rotatable bonds is 6. The molecular weight excluding hydrogens is 324 g/mol. The quantitative estimate of drug-likeness (QED) is 0.670. The number of carbonyl (C=O) groups excluding carboxylic acids is 3. The van der Waals surface area contributed by atoms with Crippen LogP contribution in [0.4, 0.5) is 10.5 Å². The van der Waals surface area contributed by atoms with Crippen molar-refractivity contribution >= 4 is 40.5 Å². The Hall–Kier alpha value is -2.55. The van der Waals surface area contributed by atoms with E-state index in [1.54, 1.807) is 12.1 Å². The smallest absolute Gasteiger partial charge is 0.372 e. The van der Waals surface area contributed by atoms with Gasteiger partial charge in [0.1, 0.15) is 11.8 Å². The third-order valence-electron chi connectivity index (χ3n) is 2.42. The van der Waals surface area contributed by atoms with E-state index in [-0.39, 0.29) is 17.4 Å². The van der Waals surface area contributed by atoms with Crippen molar-refractivity contribution in [3.8, 4) is 5.75 Å². The SMILES string of the molecule is CC(=O)Nc1ccc(OC(=O)SC[C@@H](NC(C)=O)C(=O)O)cc1. The molecule has 1 atom stereocenters. The number of amides is 2. The summed E-state index contributed by atoms with van der Waals surface area (Å²) in [5.41, 5.74) is 0.557. The second-order valence-corrected chi connectivity index (χ2v) is 5.42. The molecule has 0 aliphatic carbocycles. The fourth-order valence-corrected chi connectivity index (χ4v) is 2.19. The van der Waals surface area contributed by atoms with Gasteiger partial charge in [-0.3, -0.25) is 9.59 Å². The summed E-state index contributed by atoms with van der Waals surface area (Å²) < 4.78 is 5.02. The fraction of sp³-hybridized carbons (Fsp3) is 0.286. The van der Waals surface area contributed by atoms with Crippen molar-refractivity contribution in [2.45, 2.75) is 19.9 Å². The number of hydrogen-bond acceptors (Lipinski definition) is 6. The summed E-state index contributed by atoms with van der Waals surface area (Å²) in [5.74, 6) is -1.86. The molecule has 0 fully saturated rings. The minimum Gasteiger partial charge on any atom is -0.480 e. The zero-order valence-electron chi connectivity index (χ0n) is 12.5. The number of anilines is 1. The van der Waals surface area contributed by atoms with Crippen molar-refractivity contribution in [2.75, 3.05) is 11.1 Å². The predicted molar refractivity (Wildman–Crippen MR) is 84.5 cm³/mol. The maximum atomic E-state index is 11.7. The van der Waals surface area contributed by atoms with Crippen LogP contribution in [0.25, 0.3) is 0 Å². The summed E-state index contributed by atoms with van der Waals surface area (Å²) in [6, 6.07) is 4.93. The van der Waals surface area contributed by atoms with Crippen LogP contribution < -0.4 is 15.4 Å². The van der Waals surface area contributed by atoms with E-state index in [2.05, 4.69) is 10.6 Å². The van der Waals surface area contributed by atoms with E-state index in [1.807, 2.05) is 0 Å². The van der Waals surface area contributed by atoms with E-state index in [0.717, 1.165) is 0 Å². The van der Waals surface area contributed by atoms with Gasteiger partial charge in [0, 0.05) is 25.3 Å². The molecule has 0 saturated carbocycles. The Morgan fingerprint density at radius 1 is 1.13 bits per heavy atom. The highest BCUT2D eigenvalue weighted by Crippen LogP contribution is 2.18. The standard InChI is InChI=1S/C14H16N2O6S/c1-8(17)15-10-3-5-11(6-4-10)22-14(21)23-7-12(13(19)20)16-9(2)18/h3-6,12H,7H2,1-2H3,(H,15,17)(H,16,18)(H,19,20)/t12-/m1/s1. The van der Waals surface area contributed by atoms with Crippen molar-refractivity contribution in [1.82, 2.24) is 5.32 Å². The number of nitrogens with one attached hydrogen (secondary N) is 2. The minimum absolute atomic E-state index is 0.155. The number of carbonyl (C=O) groups is 4. The van der Waals surface area contributed by atoms with Gasteiger partial charge in [-0.1, -0.05) is 0 Å². The van der Waals surface area contributed by atoms with Crippen LogP contribution in [-0.2, 0) is 14.4 Å². The molecule has 0 unspecified atom stereocenters. The molecule has 0 spiro atoms. The van der Waals surface area contributed by atoms with E-state index >= 15 is 0 Å². The third-order valence-corrected chi connectivity index (χ3v) is 3.24. The van der Waals surface area contributed by atoms with Gasteiger partial charge >= 0.3 is 11.3 Å². The van der Waals surface area contributed by atoms with Crippen molar-refractivity contribution in [2.24, 2.45) is 0 Å². The molecule has 3 N–H and O–H groups in total. The van der Waals surface area contributed by atoms with Gasteiger partial charge in [0.2, 0.25) is 11.8 Å². The van der Waals surface area contributed by atoms with Gasteiger partial charge < -0.3 is 20.5 Å². The van der Waals surface area contributed by atoms with Gasteiger partial charge in [-0.2, -0.15) is 0 Å². The van der Waals surface area contributed by atoms with Crippen LogP contribution in [-0.4, -0.2) is 40.0 Å². The van der Waals surface area contributed by atoms with Crippen LogP contribution in [0.3, 0.4) is 0 Å². The first-order valence-electron chi connectivity index (χ1n) is 6.50.